The van der Waals surface area contributed by atoms with Crippen LogP contribution >= 0.6 is 0 Å². The Morgan fingerprint density at radius 3 is 2.31 bits per heavy atom. The van der Waals surface area contributed by atoms with E-state index >= 15 is 0 Å². The van der Waals surface area contributed by atoms with Crippen molar-refractivity contribution < 1.29 is 9.90 Å². The first kappa shape index (κ1) is 10.5. The van der Waals surface area contributed by atoms with Gasteiger partial charge >= 0.3 is 5.97 Å². The third-order valence-corrected chi connectivity index (χ3v) is 2.43. The fourth-order valence-electron chi connectivity index (χ4n) is 1.29. The Labute approximate surface area is 79.5 Å². The molecule has 1 saturated carbocycles. The molecule has 0 heterocycles. The van der Waals surface area contributed by atoms with Crippen LogP contribution in [0.5, 0.6) is 0 Å². The lowest BCUT2D eigenvalue weighted by atomic mass is 9.96. The zero-order valence-electron chi connectivity index (χ0n) is 8.68. The van der Waals surface area contributed by atoms with Gasteiger partial charge in [0, 0.05) is 13.1 Å². The van der Waals surface area contributed by atoms with Crippen molar-refractivity contribution in [2.24, 2.45) is 10.8 Å². The van der Waals surface area contributed by atoms with Gasteiger partial charge < -0.3 is 10.4 Å². The predicted octanol–water partition coefficient (Wildman–Crippen LogP) is 1.49. The van der Waals surface area contributed by atoms with E-state index in [9.17, 15) is 4.79 Å². The first-order valence-electron chi connectivity index (χ1n) is 4.80. The maximum atomic E-state index is 10.8. The van der Waals surface area contributed by atoms with Gasteiger partial charge in [-0.1, -0.05) is 20.8 Å². The van der Waals surface area contributed by atoms with Crippen LogP contribution in [0.1, 0.15) is 33.6 Å². The molecule has 0 aromatic heterocycles. The second-order valence-electron chi connectivity index (χ2n) is 5.25. The standard InChI is InChI=1S/C10H19NO2/c1-9(2,3)6-11-7-10(4-5-10)8(12)13/h11H,4-7H2,1-3H3,(H,12,13). The number of hydrogen-bond donors (Lipinski definition) is 2. The van der Waals surface area contributed by atoms with E-state index in [2.05, 4.69) is 26.1 Å². The molecule has 0 aromatic rings. The first-order chi connectivity index (χ1) is 5.86. The van der Waals surface area contributed by atoms with E-state index in [-0.39, 0.29) is 5.41 Å². The summed E-state index contributed by atoms with van der Waals surface area (Å²) < 4.78 is 0. The smallest absolute Gasteiger partial charge is 0.310 e. The topological polar surface area (TPSA) is 49.3 Å². The summed E-state index contributed by atoms with van der Waals surface area (Å²) in [5.74, 6) is -0.645. The lowest BCUT2D eigenvalue weighted by molar-refractivity contribution is -0.143. The van der Waals surface area contributed by atoms with Crippen LogP contribution in [0.25, 0.3) is 0 Å². The van der Waals surface area contributed by atoms with Crippen LogP contribution in [0.2, 0.25) is 0 Å². The van der Waals surface area contributed by atoms with Crippen molar-refractivity contribution in [3.05, 3.63) is 0 Å². The van der Waals surface area contributed by atoms with Crippen LogP contribution in [-0.2, 0) is 4.79 Å². The molecule has 0 unspecified atom stereocenters. The van der Waals surface area contributed by atoms with E-state index in [0.29, 0.717) is 6.54 Å². The molecule has 0 saturated heterocycles. The summed E-state index contributed by atoms with van der Waals surface area (Å²) in [6.45, 7) is 7.92. The second kappa shape index (κ2) is 3.29. The Bertz CT molecular complexity index is 201. The molecule has 0 aliphatic heterocycles. The van der Waals surface area contributed by atoms with Crippen LogP contribution in [0.3, 0.4) is 0 Å². The number of nitrogens with one attached hydrogen (secondary N) is 1. The molecule has 2 N–H and O–H groups in total. The molecule has 1 aliphatic rings. The zero-order valence-corrected chi connectivity index (χ0v) is 8.68. The SMILES string of the molecule is CC(C)(C)CNCC1(C(=O)O)CC1. The fourth-order valence-corrected chi connectivity index (χ4v) is 1.29. The Balaban J connectivity index is 2.24. The van der Waals surface area contributed by atoms with E-state index in [1.54, 1.807) is 0 Å². The molecule has 1 fully saturated rings. The van der Waals surface area contributed by atoms with Gasteiger partial charge in [-0.25, -0.2) is 0 Å². The molecule has 0 radical (unpaired) electrons. The first-order valence-corrected chi connectivity index (χ1v) is 4.80. The monoisotopic (exact) mass is 185 g/mol. The minimum absolute atomic E-state index is 0.231. The summed E-state index contributed by atoms with van der Waals surface area (Å²) in [6.07, 6.45) is 1.67. The molecule has 76 valence electrons. The van der Waals surface area contributed by atoms with E-state index in [1.807, 2.05) is 0 Å². The van der Waals surface area contributed by atoms with Crippen molar-refractivity contribution in [1.29, 1.82) is 0 Å². The van der Waals surface area contributed by atoms with E-state index in [1.165, 1.54) is 0 Å². The van der Waals surface area contributed by atoms with Crippen LogP contribution in [0.4, 0.5) is 0 Å². The highest BCUT2D eigenvalue weighted by molar-refractivity contribution is 5.78. The maximum Gasteiger partial charge on any atom is 0.310 e. The predicted molar refractivity (Wildman–Crippen MR) is 51.6 cm³/mol. The van der Waals surface area contributed by atoms with Gasteiger partial charge in [-0.05, 0) is 18.3 Å². The highest BCUT2D eigenvalue weighted by atomic mass is 16.4. The highest BCUT2D eigenvalue weighted by Crippen LogP contribution is 2.45. The Morgan fingerprint density at radius 1 is 1.46 bits per heavy atom. The molecule has 1 rings (SSSR count). The van der Waals surface area contributed by atoms with Gasteiger partial charge in [0.1, 0.15) is 0 Å². The number of aliphatic carboxylic acids is 1. The number of rotatable bonds is 4. The van der Waals surface area contributed by atoms with Crippen molar-refractivity contribution in [3.63, 3.8) is 0 Å². The quantitative estimate of drug-likeness (QED) is 0.697. The van der Waals surface area contributed by atoms with Crippen LogP contribution in [0.15, 0.2) is 0 Å². The summed E-state index contributed by atoms with van der Waals surface area (Å²) in [7, 11) is 0. The van der Waals surface area contributed by atoms with Gasteiger partial charge in [0.2, 0.25) is 0 Å². The highest BCUT2D eigenvalue weighted by Gasteiger charge is 2.49. The molecule has 1 aliphatic carbocycles. The number of hydrogen-bond acceptors (Lipinski definition) is 2. The van der Waals surface area contributed by atoms with Crippen molar-refractivity contribution in [1.82, 2.24) is 5.32 Å². The normalized spacial score (nSPS) is 19.9. The fraction of sp³-hybridized carbons (Fsp3) is 0.900. The summed E-state index contributed by atoms with van der Waals surface area (Å²) in [5.41, 5.74) is -0.195. The summed E-state index contributed by atoms with van der Waals surface area (Å²) >= 11 is 0. The minimum atomic E-state index is -0.645. The average molecular weight is 185 g/mol. The van der Waals surface area contributed by atoms with Crippen LogP contribution < -0.4 is 5.32 Å². The Morgan fingerprint density at radius 2 is 2.00 bits per heavy atom. The molecular weight excluding hydrogens is 166 g/mol. The largest absolute Gasteiger partial charge is 0.481 e. The average Bonchev–Trinajstić information content (AvgIpc) is 2.65. The summed E-state index contributed by atoms with van der Waals surface area (Å²) in [4.78, 5) is 10.8. The lowest BCUT2D eigenvalue weighted by Gasteiger charge is -2.20. The van der Waals surface area contributed by atoms with Crippen LogP contribution in [0, 0.1) is 10.8 Å². The third-order valence-electron chi connectivity index (χ3n) is 2.43. The van der Waals surface area contributed by atoms with Gasteiger partial charge in [-0.3, -0.25) is 4.79 Å². The van der Waals surface area contributed by atoms with Crippen molar-refractivity contribution in [2.75, 3.05) is 13.1 Å². The number of carbonyl (C=O) groups is 1. The van der Waals surface area contributed by atoms with Crippen LogP contribution in [-0.4, -0.2) is 24.2 Å². The summed E-state index contributed by atoms with van der Waals surface area (Å²) in [5, 5.41) is 12.1. The van der Waals surface area contributed by atoms with Gasteiger partial charge in [0.25, 0.3) is 0 Å². The van der Waals surface area contributed by atoms with E-state index in [0.717, 1.165) is 19.4 Å². The number of carboxylic acids is 1. The zero-order chi connectivity index (χ0) is 10.1. The molecule has 0 bridgehead atoms. The molecule has 13 heavy (non-hydrogen) atoms. The molecular formula is C10H19NO2. The van der Waals surface area contributed by atoms with Gasteiger partial charge in [-0.2, -0.15) is 0 Å². The van der Waals surface area contributed by atoms with Crippen molar-refractivity contribution in [2.45, 2.75) is 33.6 Å². The molecule has 0 amide bonds. The van der Waals surface area contributed by atoms with Gasteiger partial charge in [0.05, 0.1) is 5.41 Å². The minimum Gasteiger partial charge on any atom is -0.481 e. The lowest BCUT2D eigenvalue weighted by Crippen LogP contribution is -2.35. The molecule has 0 aromatic carbocycles. The maximum absolute atomic E-state index is 10.8. The van der Waals surface area contributed by atoms with E-state index < -0.39 is 11.4 Å². The van der Waals surface area contributed by atoms with Gasteiger partial charge in [-0.15, -0.1) is 0 Å². The summed E-state index contributed by atoms with van der Waals surface area (Å²) in [6, 6.07) is 0. The third kappa shape index (κ3) is 2.99. The molecule has 3 nitrogen and oxygen atoms in total. The Kier molecular flexibility index (Phi) is 2.66. The second-order valence-corrected chi connectivity index (χ2v) is 5.25. The molecule has 0 spiro atoms. The van der Waals surface area contributed by atoms with E-state index in [4.69, 9.17) is 5.11 Å². The van der Waals surface area contributed by atoms with Crippen molar-refractivity contribution in [3.8, 4) is 0 Å². The van der Waals surface area contributed by atoms with Crippen molar-refractivity contribution >= 4 is 5.97 Å². The molecule has 3 heteroatoms. The Hall–Kier alpha value is -0.570. The molecule has 0 atom stereocenters. The van der Waals surface area contributed by atoms with Gasteiger partial charge in [0.15, 0.2) is 0 Å². The number of carboxylic acid groups (broad SMARTS) is 1.